The van der Waals surface area contributed by atoms with Gasteiger partial charge in [0.15, 0.2) is 0 Å². The molecule has 1 atom stereocenters. The van der Waals surface area contributed by atoms with E-state index in [4.69, 9.17) is 0 Å². The fraction of sp³-hybridized carbons (Fsp3) is 0.455. The maximum atomic E-state index is 4.14. The van der Waals surface area contributed by atoms with Crippen LogP contribution in [0.3, 0.4) is 0 Å². The molecule has 1 aliphatic carbocycles. The normalized spacial score (nSPS) is 20.2. The highest BCUT2D eigenvalue weighted by Crippen LogP contribution is 2.16. The van der Waals surface area contributed by atoms with Gasteiger partial charge < -0.3 is 5.32 Å². The van der Waals surface area contributed by atoms with Gasteiger partial charge in [-0.05, 0) is 37.7 Å². The predicted molar refractivity (Wildman–Crippen MR) is 64.2 cm³/mol. The van der Waals surface area contributed by atoms with Crippen LogP contribution in [0.1, 0.15) is 19.3 Å². The van der Waals surface area contributed by atoms with E-state index < -0.39 is 0 Å². The number of anilines is 1. The van der Waals surface area contributed by atoms with Gasteiger partial charge in [0.25, 0.3) is 0 Å². The zero-order valence-corrected chi connectivity index (χ0v) is 9.63. The minimum absolute atomic E-state index is 0.518. The Hall–Kier alpha value is -1.03. The Kier molecular flexibility index (Phi) is 3.61. The van der Waals surface area contributed by atoms with Gasteiger partial charge in [0.05, 0.1) is 0 Å². The van der Waals surface area contributed by atoms with Crippen LogP contribution in [0.4, 0.5) is 5.82 Å². The molecule has 4 heteroatoms. The fourth-order valence-corrected chi connectivity index (χ4v) is 1.97. The summed E-state index contributed by atoms with van der Waals surface area (Å²) in [6.45, 7) is 0. The van der Waals surface area contributed by atoms with Crippen molar-refractivity contribution in [2.45, 2.75) is 30.3 Å². The molecule has 1 aromatic heterocycles. The van der Waals surface area contributed by atoms with E-state index in [1.165, 1.54) is 6.42 Å². The lowest BCUT2D eigenvalue weighted by molar-refractivity contribution is 0.639. The summed E-state index contributed by atoms with van der Waals surface area (Å²) in [6, 6.07) is 4.51. The van der Waals surface area contributed by atoms with Gasteiger partial charge in [-0.25, -0.2) is 0 Å². The SMILES string of the molecule is CSc1ccc(NC2CC=CCC2)nn1. The van der Waals surface area contributed by atoms with Crippen molar-refractivity contribution in [3.63, 3.8) is 0 Å². The minimum Gasteiger partial charge on any atom is -0.366 e. The lowest BCUT2D eigenvalue weighted by atomic mass is 10.0. The Morgan fingerprint density at radius 3 is 2.87 bits per heavy atom. The zero-order valence-electron chi connectivity index (χ0n) is 8.81. The van der Waals surface area contributed by atoms with Crippen molar-refractivity contribution < 1.29 is 0 Å². The molecule has 1 unspecified atom stereocenters. The molecule has 0 aromatic carbocycles. The van der Waals surface area contributed by atoms with Gasteiger partial charge in [-0.1, -0.05) is 12.2 Å². The third kappa shape index (κ3) is 2.96. The van der Waals surface area contributed by atoms with Crippen LogP contribution in [-0.4, -0.2) is 22.5 Å². The van der Waals surface area contributed by atoms with Crippen LogP contribution in [0.25, 0.3) is 0 Å². The monoisotopic (exact) mass is 221 g/mol. The number of thioether (sulfide) groups is 1. The first-order valence-electron chi connectivity index (χ1n) is 5.18. The van der Waals surface area contributed by atoms with Crippen molar-refractivity contribution in [2.75, 3.05) is 11.6 Å². The number of nitrogens with zero attached hydrogens (tertiary/aromatic N) is 2. The molecule has 1 heterocycles. The fourth-order valence-electron chi connectivity index (χ4n) is 1.64. The first-order valence-corrected chi connectivity index (χ1v) is 6.40. The summed E-state index contributed by atoms with van der Waals surface area (Å²) < 4.78 is 0. The summed E-state index contributed by atoms with van der Waals surface area (Å²) in [5.41, 5.74) is 0. The van der Waals surface area contributed by atoms with Crippen molar-refractivity contribution in [2.24, 2.45) is 0 Å². The van der Waals surface area contributed by atoms with Crippen LogP contribution < -0.4 is 5.32 Å². The molecule has 0 fully saturated rings. The second-order valence-electron chi connectivity index (χ2n) is 3.59. The van der Waals surface area contributed by atoms with Gasteiger partial charge in [0, 0.05) is 6.04 Å². The van der Waals surface area contributed by atoms with Gasteiger partial charge in [-0.15, -0.1) is 22.0 Å². The average molecular weight is 221 g/mol. The Morgan fingerprint density at radius 2 is 2.27 bits per heavy atom. The van der Waals surface area contributed by atoms with Gasteiger partial charge in [-0.3, -0.25) is 0 Å². The number of nitrogens with one attached hydrogen (secondary N) is 1. The van der Waals surface area contributed by atoms with Crippen molar-refractivity contribution in [3.8, 4) is 0 Å². The molecular formula is C11H15N3S. The molecule has 0 spiro atoms. The molecule has 0 saturated carbocycles. The zero-order chi connectivity index (χ0) is 10.5. The van der Waals surface area contributed by atoms with E-state index in [1.807, 2.05) is 18.4 Å². The summed E-state index contributed by atoms with van der Waals surface area (Å²) in [7, 11) is 0. The van der Waals surface area contributed by atoms with E-state index in [9.17, 15) is 0 Å². The summed E-state index contributed by atoms with van der Waals surface area (Å²) in [5.74, 6) is 0.883. The van der Waals surface area contributed by atoms with Crippen LogP contribution in [0.5, 0.6) is 0 Å². The molecule has 1 aliphatic rings. The van der Waals surface area contributed by atoms with Crippen molar-refractivity contribution >= 4 is 17.6 Å². The summed E-state index contributed by atoms with van der Waals surface area (Å²) in [4.78, 5) is 0. The number of hydrogen-bond acceptors (Lipinski definition) is 4. The Morgan fingerprint density at radius 1 is 1.33 bits per heavy atom. The number of aromatic nitrogens is 2. The smallest absolute Gasteiger partial charge is 0.148 e. The van der Waals surface area contributed by atoms with Gasteiger partial charge in [0.2, 0.25) is 0 Å². The molecule has 0 aliphatic heterocycles. The second-order valence-corrected chi connectivity index (χ2v) is 4.41. The molecule has 15 heavy (non-hydrogen) atoms. The van der Waals surface area contributed by atoms with E-state index in [-0.39, 0.29) is 0 Å². The summed E-state index contributed by atoms with van der Waals surface area (Å²) in [6.07, 6.45) is 9.90. The molecule has 2 rings (SSSR count). The van der Waals surface area contributed by atoms with Crippen LogP contribution in [0.15, 0.2) is 29.3 Å². The first-order chi connectivity index (χ1) is 7.38. The molecule has 1 N–H and O–H groups in total. The van der Waals surface area contributed by atoms with Crippen LogP contribution in [-0.2, 0) is 0 Å². The summed E-state index contributed by atoms with van der Waals surface area (Å²) >= 11 is 1.61. The quantitative estimate of drug-likeness (QED) is 0.629. The van der Waals surface area contributed by atoms with E-state index in [1.54, 1.807) is 11.8 Å². The molecule has 0 amide bonds. The molecular weight excluding hydrogens is 206 g/mol. The standard InChI is InChI=1S/C11H15N3S/c1-15-11-8-7-10(13-14-11)12-9-5-3-2-4-6-9/h2-3,7-9H,4-6H2,1H3,(H,12,13). The number of rotatable bonds is 3. The highest BCUT2D eigenvalue weighted by molar-refractivity contribution is 7.98. The van der Waals surface area contributed by atoms with Crippen molar-refractivity contribution in [1.82, 2.24) is 10.2 Å². The van der Waals surface area contributed by atoms with Gasteiger partial charge >= 0.3 is 0 Å². The maximum absolute atomic E-state index is 4.14. The molecule has 0 radical (unpaired) electrons. The van der Waals surface area contributed by atoms with E-state index in [0.717, 1.165) is 23.7 Å². The van der Waals surface area contributed by atoms with Crippen molar-refractivity contribution in [1.29, 1.82) is 0 Å². The van der Waals surface area contributed by atoms with Gasteiger partial charge in [-0.2, -0.15) is 0 Å². The first kappa shape index (κ1) is 10.5. The Labute approximate surface area is 94.4 Å². The third-order valence-corrected chi connectivity index (χ3v) is 3.11. The molecule has 0 bridgehead atoms. The molecule has 1 aromatic rings. The number of allylic oxidation sites excluding steroid dienone is 1. The third-order valence-electron chi connectivity index (χ3n) is 2.47. The van der Waals surface area contributed by atoms with Gasteiger partial charge in [0.1, 0.15) is 10.8 Å². The molecule has 3 nitrogen and oxygen atoms in total. The Bertz CT molecular complexity index is 334. The highest BCUT2D eigenvalue weighted by atomic mass is 32.2. The number of hydrogen-bond donors (Lipinski definition) is 1. The summed E-state index contributed by atoms with van der Waals surface area (Å²) in [5, 5.41) is 12.6. The van der Waals surface area contributed by atoms with Crippen LogP contribution in [0.2, 0.25) is 0 Å². The van der Waals surface area contributed by atoms with Crippen LogP contribution >= 0.6 is 11.8 Å². The van der Waals surface area contributed by atoms with E-state index in [2.05, 4.69) is 27.7 Å². The molecule has 0 saturated heterocycles. The van der Waals surface area contributed by atoms with E-state index in [0.29, 0.717) is 6.04 Å². The minimum atomic E-state index is 0.518. The second kappa shape index (κ2) is 5.16. The lowest BCUT2D eigenvalue weighted by Crippen LogP contribution is -2.21. The van der Waals surface area contributed by atoms with E-state index >= 15 is 0 Å². The molecule has 80 valence electrons. The lowest BCUT2D eigenvalue weighted by Gasteiger charge is -2.19. The predicted octanol–water partition coefficient (Wildman–Crippen LogP) is 2.72. The highest BCUT2D eigenvalue weighted by Gasteiger charge is 2.09. The average Bonchev–Trinajstić information content (AvgIpc) is 2.31. The van der Waals surface area contributed by atoms with Crippen LogP contribution in [0, 0.1) is 0 Å². The maximum Gasteiger partial charge on any atom is 0.148 e. The Balaban J connectivity index is 1.95. The van der Waals surface area contributed by atoms with Crippen molar-refractivity contribution in [3.05, 3.63) is 24.3 Å². The largest absolute Gasteiger partial charge is 0.366 e. The topological polar surface area (TPSA) is 37.8 Å².